The van der Waals surface area contributed by atoms with Gasteiger partial charge in [0.2, 0.25) is 0 Å². The molecule has 6 rings (SSSR count). The fourth-order valence-corrected chi connectivity index (χ4v) is 8.67. The van der Waals surface area contributed by atoms with Crippen LogP contribution in [0.5, 0.6) is 0 Å². The lowest BCUT2D eigenvalue weighted by Gasteiger charge is -2.52. The Kier molecular flexibility index (Phi) is 4.97. The minimum absolute atomic E-state index is 0.0487. The molecule has 4 fully saturated rings. The summed E-state index contributed by atoms with van der Waals surface area (Å²) in [7, 11) is 0. The zero-order valence-electron chi connectivity index (χ0n) is 21.9. The van der Waals surface area contributed by atoms with Crippen molar-refractivity contribution in [1.82, 2.24) is 0 Å². The third kappa shape index (κ3) is 2.99. The fraction of sp³-hybridized carbons (Fsp3) is 0.793. The van der Waals surface area contributed by atoms with Crippen molar-refractivity contribution in [3.8, 4) is 0 Å². The Morgan fingerprint density at radius 3 is 2.54 bits per heavy atom. The van der Waals surface area contributed by atoms with Gasteiger partial charge < -0.3 is 19.3 Å². The number of rotatable bonds is 2. The van der Waals surface area contributed by atoms with Crippen molar-refractivity contribution in [2.24, 2.45) is 40.4 Å². The summed E-state index contributed by atoms with van der Waals surface area (Å²) in [6.07, 6.45) is 6.82. The van der Waals surface area contributed by atoms with E-state index < -0.39 is 29.0 Å². The Morgan fingerprint density at radius 1 is 1.17 bits per heavy atom. The monoisotopic (exact) mass is 484 g/mol. The molecule has 5 aliphatic carbocycles. The van der Waals surface area contributed by atoms with Crippen LogP contribution in [0, 0.1) is 40.4 Å². The summed E-state index contributed by atoms with van der Waals surface area (Å²) >= 11 is 0. The first kappa shape index (κ1) is 23.9. The molecule has 2 bridgehead atoms. The molecule has 6 heteroatoms. The maximum atomic E-state index is 14.6. The van der Waals surface area contributed by atoms with Gasteiger partial charge in [0.1, 0.15) is 6.10 Å². The maximum absolute atomic E-state index is 14.6. The molecule has 0 aromatic heterocycles. The number of ether oxygens (including phenoxy) is 3. The quantitative estimate of drug-likeness (QED) is 0.463. The standard InChI is InChI=1S/C29H40O6/c1-15-13-28-16(2)11-20-21(26(20,3)4)19(22(28)30)12-18-14-33-27(5,6)35-24(18)29(28,32)23(15)34-25(31)17-9-7-8-10-17/h12-13,16-17,19-21,23-24,32H,7-11,14H2,1-6H3/t16-,19+,20-,21+,23+,24-,28+,29-/m1/s1. The summed E-state index contributed by atoms with van der Waals surface area (Å²) in [5, 5.41) is 13.0. The van der Waals surface area contributed by atoms with Crippen LogP contribution in [0.2, 0.25) is 0 Å². The van der Waals surface area contributed by atoms with Gasteiger partial charge in [0.15, 0.2) is 23.3 Å². The SMILES string of the molecule is CC1=C[C@]23C(=O)[C@@H](C=C4COC(C)(C)O[C@H]4[C@]2(O)[C@H]1OC(=O)C1CCCC1)[C@H]1[C@@H](C[C@H]3C)C1(C)C. The number of hydrogen-bond donors (Lipinski definition) is 1. The van der Waals surface area contributed by atoms with Gasteiger partial charge in [-0.2, -0.15) is 0 Å². The molecule has 8 atom stereocenters. The van der Waals surface area contributed by atoms with Gasteiger partial charge in [-0.15, -0.1) is 0 Å². The van der Waals surface area contributed by atoms with Crippen LogP contribution in [0.15, 0.2) is 23.3 Å². The molecule has 6 nitrogen and oxygen atoms in total. The summed E-state index contributed by atoms with van der Waals surface area (Å²) in [5.41, 5.74) is -1.27. The lowest BCUT2D eigenvalue weighted by molar-refractivity contribution is -0.304. The molecule has 192 valence electrons. The first-order valence-electron chi connectivity index (χ1n) is 13.5. The Morgan fingerprint density at radius 2 is 1.86 bits per heavy atom. The summed E-state index contributed by atoms with van der Waals surface area (Å²) in [6, 6.07) is 0. The van der Waals surface area contributed by atoms with Crippen LogP contribution in [-0.2, 0) is 23.8 Å². The predicted molar refractivity (Wildman–Crippen MR) is 129 cm³/mol. The highest BCUT2D eigenvalue weighted by molar-refractivity contribution is 5.95. The number of allylic oxidation sites excluding steroid dienone is 1. The number of fused-ring (bicyclic) bond motifs is 5. The normalized spacial score (nSPS) is 47.5. The molecule has 1 heterocycles. The second-order valence-corrected chi connectivity index (χ2v) is 13.3. The molecule has 0 amide bonds. The molecule has 1 spiro atoms. The van der Waals surface area contributed by atoms with Crippen molar-refractivity contribution < 1.29 is 28.9 Å². The number of ketones is 1. The Balaban J connectivity index is 1.51. The van der Waals surface area contributed by atoms with Gasteiger partial charge in [0.25, 0.3) is 0 Å². The van der Waals surface area contributed by atoms with Gasteiger partial charge in [0.05, 0.1) is 17.9 Å². The lowest BCUT2D eigenvalue weighted by Crippen LogP contribution is -2.68. The van der Waals surface area contributed by atoms with E-state index in [0.29, 0.717) is 5.92 Å². The minimum atomic E-state index is -1.72. The van der Waals surface area contributed by atoms with E-state index >= 15 is 0 Å². The zero-order valence-corrected chi connectivity index (χ0v) is 21.9. The van der Waals surface area contributed by atoms with Crippen molar-refractivity contribution in [3.05, 3.63) is 23.3 Å². The average Bonchev–Trinajstić information content (AvgIpc) is 3.13. The van der Waals surface area contributed by atoms with Crippen molar-refractivity contribution >= 4 is 11.8 Å². The highest BCUT2D eigenvalue weighted by Gasteiger charge is 2.77. The van der Waals surface area contributed by atoms with Crippen LogP contribution in [0.4, 0.5) is 0 Å². The van der Waals surface area contributed by atoms with E-state index in [0.717, 1.165) is 43.3 Å². The number of Topliss-reactive ketones (excluding diaryl/α,β-unsaturated/α-hetero) is 1. The number of esters is 1. The first-order valence-corrected chi connectivity index (χ1v) is 13.5. The van der Waals surface area contributed by atoms with Crippen LogP contribution < -0.4 is 0 Å². The number of carbonyl (C=O) groups excluding carboxylic acids is 2. The van der Waals surface area contributed by atoms with Crippen LogP contribution >= 0.6 is 0 Å². The molecular weight excluding hydrogens is 444 g/mol. The molecule has 35 heavy (non-hydrogen) atoms. The number of hydrogen-bond acceptors (Lipinski definition) is 6. The first-order chi connectivity index (χ1) is 16.3. The third-order valence-electron chi connectivity index (χ3n) is 10.6. The highest BCUT2D eigenvalue weighted by atomic mass is 16.7. The third-order valence-corrected chi connectivity index (χ3v) is 10.6. The van der Waals surface area contributed by atoms with E-state index in [-0.39, 0.29) is 47.4 Å². The van der Waals surface area contributed by atoms with Gasteiger partial charge in [0, 0.05) is 5.92 Å². The Labute approximate surface area is 208 Å². The van der Waals surface area contributed by atoms with Crippen LogP contribution in [0.25, 0.3) is 0 Å². The fourth-order valence-electron chi connectivity index (χ4n) is 8.67. The van der Waals surface area contributed by atoms with Crippen molar-refractivity contribution in [1.29, 1.82) is 0 Å². The summed E-state index contributed by atoms with van der Waals surface area (Å²) < 4.78 is 18.7. The van der Waals surface area contributed by atoms with Crippen molar-refractivity contribution in [2.75, 3.05) is 6.61 Å². The van der Waals surface area contributed by atoms with Crippen LogP contribution in [0.1, 0.15) is 73.6 Å². The predicted octanol–water partition coefficient (Wildman–Crippen LogP) is 4.35. The second kappa shape index (κ2) is 7.29. The van der Waals surface area contributed by atoms with E-state index in [1.807, 2.05) is 32.9 Å². The summed E-state index contributed by atoms with van der Waals surface area (Å²) in [5.74, 6) is -1.07. The van der Waals surface area contributed by atoms with Gasteiger partial charge in [-0.3, -0.25) is 9.59 Å². The highest BCUT2D eigenvalue weighted by Crippen LogP contribution is 2.72. The maximum Gasteiger partial charge on any atom is 0.309 e. The number of carbonyl (C=O) groups is 2. The summed E-state index contributed by atoms with van der Waals surface area (Å²) in [4.78, 5) is 27.9. The minimum Gasteiger partial charge on any atom is -0.454 e. The Bertz CT molecular complexity index is 1030. The van der Waals surface area contributed by atoms with Crippen LogP contribution in [0.3, 0.4) is 0 Å². The number of aliphatic hydroxyl groups is 1. The Hall–Kier alpha value is -1.50. The van der Waals surface area contributed by atoms with Crippen molar-refractivity contribution in [3.63, 3.8) is 0 Å². The topological polar surface area (TPSA) is 82.1 Å². The molecule has 1 N–H and O–H groups in total. The largest absolute Gasteiger partial charge is 0.454 e. The molecule has 1 aliphatic heterocycles. The summed E-state index contributed by atoms with van der Waals surface area (Å²) in [6.45, 7) is 12.5. The second-order valence-electron chi connectivity index (χ2n) is 13.3. The van der Waals surface area contributed by atoms with E-state index in [9.17, 15) is 14.7 Å². The van der Waals surface area contributed by atoms with Gasteiger partial charge in [-0.25, -0.2) is 0 Å². The van der Waals surface area contributed by atoms with E-state index in [1.54, 1.807) is 0 Å². The smallest absolute Gasteiger partial charge is 0.309 e. The van der Waals surface area contributed by atoms with Crippen LogP contribution in [-0.4, -0.2) is 47.1 Å². The van der Waals surface area contributed by atoms with Gasteiger partial charge in [-0.1, -0.05) is 45.8 Å². The molecule has 3 saturated carbocycles. The van der Waals surface area contributed by atoms with E-state index in [1.165, 1.54) is 0 Å². The molecule has 1 saturated heterocycles. The molecule has 0 aromatic carbocycles. The lowest BCUT2D eigenvalue weighted by atomic mass is 9.59. The zero-order chi connectivity index (χ0) is 25.1. The molecular formula is C29H40O6. The molecule has 0 unspecified atom stereocenters. The average molecular weight is 485 g/mol. The van der Waals surface area contributed by atoms with Gasteiger partial charge >= 0.3 is 5.97 Å². The molecule has 6 aliphatic rings. The van der Waals surface area contributed by atoms with Gasteiger partial charge in [-0.05, 0) is 74.3 Å². The van der Waals surface area contributed by atoms with E-state index in [2.05, 4.69) is 20.8 Å². The molecule has 0 radical (unpaired) electrons. The molecule has 0 aromatic rings. The van der Waals surface area contributed by atoms with Crippen molar-refractivity contribution in [2.45, 2.75) is 97.2 Å². The van der Waals surface area contributed by atoms with E-state index in [4.69, 9.17) is 14.2 Å².